The summed E-state index contributed by atoms with van der Waals surface area (Å²) in [5.41, 5.74) is 6.27. The Morgan fingerprint density at radius 3 is 3.00 bits per heavy atom. The van der Waals surface area contributed by atoms with Crippen LogP contribution < -0.4 is 0 Å². The molecule has 1 aliphatic heterocycles. The number of nitrogens with zero attached hydrogens (tertiary/aromatic N) is 2. The summed E-state index contributed by atoms with van der Waals surface area (Å²) >= 11 is 0. The normalized spacial score (nSPS) is 20.1. The van der Waals surface area contributed by atoms with Gasteiger partial charge in [-0.15, -0.1) is 0 Å². The van der Waals surface area contributed by atoms with E-state index in [9.17, 15) is 5.21 Å². The zero-order valence-corrected chi connectivity index (χ0v) is 9.61. The Morgan fingerprint density at radius 1 is 1.18 bits per heavy atom. The van der Waals surface area contributed by atoms with Crippen molar-refractivity contribution in [3.8, 4) is 0 Å². The van der Waals surface area contributed by atoms with Gasteiger partial charge in [0, 0.05) is 23.2 Å². The lowest BCUT2D eigenvalue weighted by Crippen LogP contribution is -2.14. The van der Waals surface area contributed by atoms with E-state index in [0.717, 1.165) is 37.9 Å². The van der Waals surface area contributed by atoms with Gasteiger partial charge in [0.2, 0.25) is 0 Å². The second-order valence-corrected chi connectivity index (χ2v) is 4.94. The predicted octanol–water partition coefficient (Wildman–Crippen LogP) is 2.71. The number of hydrogen-bond acceptors (Lipinski definition) is 2. The Bertz CT molecular complexity index is 652. The minimum absolute atomic E-state index is 0.869. The largest absolute Gasteiger partial charge is 0.411 e. The van der Waals surface area contributed by atoms with E-state index >= 15 is 0 Å². The fourth-order valence-corrected chi connectivity index (χ4v) is 3.45. The van der Waals surface area contributed by atoms with E-state index in [-0.39, 0.29) is 0 Å². The fraction of sp³-hybridized carbons (Fsp3) is 0.357. The van der Waals surface area contributed by atoms with Gasteiger partial charge in [-0.05, 0) is 31.2 Å². The summed E-state index contributed by atoms with van der Waals surface area (Å²) in [6.45, 7) is 1.09. The summed E-state index contributed by atoms with van der Waals surface area (Å²) in [7, 11) is 0. The molecule has 0 saturated carbocycles. The first-order chi connectivity index (χ1) is 8.40. The molecule has 2 heterocycles. The number of benzene rings is 1. The summed E-state index contributed by atoms with van der Waals surface area (Å²) in [6, 6.07) is 6.50. The summed E-state index contributed by atoms with van der Waals surface area (Å²) in [4.78, 5) is 0. The number of aromatic nitrogens is 1. The topological polar surface area (TPSA) is 37.5 Å². The Hall–Kier alpha value is -1.77. The maximum atomic E-state index is 9.17. The van der Waals surface area contributed by atoms with E-state index in [1.807, 2.05) is 0 Å². The van der Waals surface area contributed by atoms with Crippen LogP contribution in [0.3, 0.4) is 0 Å². The van der Waals surface area contributed by atoms with Crippen LogP contribution in [0.15, 0.2) is 23.4 Å². The molecule has 0 saturated heterocycles. The van der Waals surface area contributed by atoms with Crippen molar-refractivity contribution in [3.05, 3.63) is 35.0 Å². The maximum Gasteiger partial charge on any atom is 0.0892 e. The van der Waals surface area contributed by atoms with Crippen molar-refractivity contribution >= 4 is 16.6 Å². The molecule has 4 rings (SSSR count). The molecule has 1 N–H and O–H groups in total. The number of fused-ring (bicyclic) bond motifs is 3. The van der Waals surface area contributed by atoms with Crippen molar-refractivity contribution < 1.29 is 5.21 Å². The van der Waals surface area contributed by atoms with Gasteiger partial charge in [-0.1, -0.05) is 23.4 Å². The molecule has 2 aliphatic rings. The van der Waals surface area contributed by atoms with Gasteiger partial charge in [0.15, 0.2) is 0 Å². The Balaban J connectivity index is 2.18. The second kappa shape index (κ2) is 3.13. The average Bonchev–Trinajstić information content (AvgIpc) is 2.94. The van der Waals surface area contributed by atoms with Gasteiger partial charge in [0.25, 0.3) is 0 Å². The number of oxime groups is 1. The maximum absolute atomic E-state index is 9.17. The zero-order chi connectivity index (χ0) is 11.4. The quantitative estimate of drug-likeness (QED) is 0.544. The van der Waals surface area contributed by atoms with Crippen LogP contribution in [0.1, 0.15) is 29.7 Å². The van der Waals surface area contributed by atoms with Crippen molar-refractivity contribution in [2.75, 3.05) is 0 Å². The van der Waals surface area contributed by atoms with E-state index in [1.54, 1.807) is 0 Å². The Morgan fingerprint density at radius 2 is 2.12 bits per heavy atom. The monoisotopic (exact) mass is 226 g/mol. The molecule has 17 heavy (non-hydrogen) atoms. The van der Waals surface area contributed by atoms with Crippen LogP contribution >= 0.6 is 0 Å². The highest BCUT2D eigenvalue weighted by Gasteiger charge is 2.28. The minimum atomic E-state index is 0.869. The molecule has 0 atom stereocenters. The van der Waals surface area contributed by atoms with E-state index in [4.69, 9.17) is 0 Å². The number of hydrogen-bond donors (Lipinski definition) is 1. The molecule has 0 spiro atoms. The van der Waals surface area contributed by atoms with Crippen molar-refractivity contribution in [1.29, 1.82) is 0 Å². The lowest BCUT2D eigenvalue weighted by atomic mass is 9.92. The van der Waals surface area contributed by atoms with E-state index in [1.165, 1.54) is 27.7 Å². The van der Waals surface area contributed by atoms with Gasteiger partial charge >= 0.3 is 0 Å². The zero-order valence-electron chi connectivity index (χ0n) is 9.61. The molecule has 1 aromatic heterocycles. The predicted molar refractivity (Wildman–Crippen MR) is 66.9 cm³/mol. The van der Waals surface area contributed by atoms with Crippen molar-refractivity contribution in [3.63, 3.8) is 0 Å². The molecule has 0 unspecified atom stereocenters. The first-order valence-electron chi connectivity index (χ1n) is 6.24. The Kier molecular flexibility index (Phi) is 1.71. The van der Waals surface area contributed by atoms with Crippen molar-refractivity contribution in [2.45, 2.75) is 32.2 Å². The van der Waals surface area contributed by atoms with Gasteiger partial charge < -0.3 is 9.77 Å². The summed E-state index contributed by atoms with van der Waals surface area (Å²) < 4.78 is 2.43. The van der Waals surface area contributed by atoms with Crippen LogP contribution in [-0.2, 0) is 19.4 Å². The summed E-state index contributed by atoms with van der Waals surface area (Å²) in [6.07, 6.45) is 4.25. The van der Waals surface area contributed by atoms with Crippen LogP contribution in [0.25, 0.3) is 10.9 Å². The summed E-state index contributed by atoms with van der Waals surface area (Å²) in [5, 5.41) is 14.0. The molecule has 3 nitrogen and oxygen atoms in total. The van der Waals surface area contributed by atoms with Gasteiger partial charge in [0.05, 0.1) is 11.2 Å². The Labute approximate surface area is 99.4 Å². The minimum Gasteiger partial charge on any atom is -0.411 e. The highest BCUT2D eigenvalue weighted by molar-refractivity contribution is 6.13. The molecule has 1 aliphatic carbocycles. The first kappa shape index (κ1) is 9.28. The summed E-state index contributed by atoms with van der Waals surface area (Å²) in [5.74, 6) is 0. The lowest BCUT2D eigenvalue weighted by molar-refractivity contribution is 0.317. The van der Waals surface area contributed by atoms with Gasteiger partial charge in [0.1, 0.15) is 0 Å². The van der Waals surface area contributed by atoms with Crippen LogP contribution in [0, 0.1) is 0 Å². The highest BCUT2D eigenvalue weighted by Crippen LogP contribution is 2.37. The molecular formula is C14H14N2O. The molecular weight excluding hydrogens is 212 g/mol. The van der Waals surface area contributed by atoms with E-state index in [2.05, 4.69) is 27.9 Å². The number of para-hydroxylation sites is 1. The number of rotatable bonds is 0. The molecule has 0 radical (unpaired) electrons. The molecule has 3 heteroatoms. The van der Waals surface area contributed by atoms with Gasteiger partial charge in [-0.2, -0.15) is 0 Å². The standard InChI is InChI=1S/C14H14N2O/c17-15-11-5-2-6-12-13(11)10-4-1-3-9-7-8-16(12)14(9)10/h1,3-4,17H,2,5-8H2. The van der Waals surface area contributed by atoms with Gasteiger partial charge in [-0.25, -0.2) is 0 Å². The first-order valence-corrected chi connectivity index (χ1v) is 6.24. The lowest BCUT2D eigenvalue weighted by Gasteiger charge is -2.15. The third-order valence-corrected chi connectivity index (χ3v) is 4.11. The van der Waals surface area contributed by atoms with E-state index < -0.39 is 0 Å². The molecule has 0 fully saturated rings. The smallest absolute Gasteiger partial charge is 0.0892 e. The molecule has 2 aromatic rings. The van der Waals surface area contributed by atoms with Crippen LogP contribution in [0.2, 0.25) is 0 Å². The van der Waals surface area contributed by atoms with Crippen molar-refractivity contribution in [2.24, 2.45) is 5.16 Å². The number of aryl methyl sites for hydroxylation is 2. The average molecular weight is 226 g/mol. The second-order valence-electron chi connectivity index (χ2n) is 4.94. The highest BCUT2D eigenvalue weighted by atomic mass is 16.4. The third kappa shape index (κ3) is 1.04. The molecule has 86 valence electrons. The third-order valence-electron chi connectivity index (χ3n) is 4.11. The molecule has 0 amide bonds. The van der Waals surface area contributed by atoms with Crippen molar-refractivity contribution in [1.82, 2.24) is 4.57 Å². The fourth-order valence-electron chi connectivity index (χ4n) is 3.45. The SMILES string of the molecule is ON=C1CCCc2c1c1cccc3c1n2CC3. The van der Waals surface area contributed by atoms with E-state index in [0.29, 0.717) is 0 Å². The molecule has 0 bridgehead atoms. The van der Waals surface area contributed by atoms with Crippen LogP contribution in [0.5, 0.6) is 0 Å². The van der Waals surface area contributed by atoms with Crippen LogP contribution in [-0.4, -0.2) is 15.5 Å². The molecule has 1 aromatic carbocycles. The van der Waals surface area contributed by atoms with Crippen LogP contribution in [0.4, 0.5) is 0 Å². The van der Waals surface area contributed by atoms with Gasteiger partial charge in [-0.3, -0.25) is 0 Å².